The van der Waals surface area contributed by atoms with Crippen molar-refractivity contribution in [2.45, 2.75) is 23.3 Å². The number of pyridine rings is 1. The Morgan fingerprint density at radius 2 is 1.86 bits per heavy atom. The third-order valence-corrected chi connectivity index (χ3v) is 6.37. The number of nitrogens with one attached hydrogen (secondary N) is 1. The van der Waals surface area contributed by atoms with Gasteiger partial charge >= 0.3 is 0 Å². The number of benzene rings is 1. The van der Waals surface area contributed by atoms with E-state index in [1.165, 1.54) is 24.5 Å². The molecule has 3 heterocycles. The number of hydrogen-bond acceptors (Lipinski definition) is 6. The zero-order chi connectivity index (χ0) is 20.4. The first-order valence-electron chi connectivity index (χ1n) is 8.77. The van der Waals surface area contributed by atoms with Crippen molar-refractivity contribution in [2.75, 3.05) is 0 Å². The fourth-order valence-corrected chi connectivity index (χ4v) is 4.30. The van der Waals surface area contributed by atoms with Crippen LogP contribution in [0.1, 0.15) is 21.5 Å². The molecule has 1 aromatic carbocycles. The van der Waals surface area contributed by atoms with E-state index in [4.69, 9.17) is 0 Å². The van der Waals surface area contributed by atoms with E-state index in [1.807, 2.05) is 0 Å². The summed E-state index contributed by atoms with van der Waals surface area (Å²) in [4.78, 5) is 24.8. The molecule has 9 heteroatoms. The molecule has 0 bridgehead atoms. The maximum Gasteiger partial charge on any atom is 0.254 e. The summed E-state index contributed by atoms with van der Waals surface area (Å²) in [7, 11) is -3.64. The Labute approximate surface area is 167 Å². The smallest absolute Gasteiger partial charge is 0.254 e. The molecule has 3 aromatic heterocycles. The van der Waals surface area contributed by atoms with Gasteiger partial charge in [0.1, 0.15) is 0 Å². The van der Waals surface area contributed by atoms with Crippen molar-refractivity contribution in [1.82, 2.24) is 24.7 Å². The summed E-state index contributed by atoms with van der Waals surface area (Å²) in [6.07, 6.45) is 9.33. The molecule has 0 radical (unpaired) electrons. The van der Waals surface area contributed by atoms with Gasteiger partial charge in [-0.25, -0.2) is 18.4 Å². The van der Waals surface area contributed by atoms with Crippen LogP contribution in [0.3, 0.4) is 0 Å². The van der Waals surface area contributed by atoms with Crippen molar-refractivity contribution in [2.24, 2.45) is 0 Å². The summed E-state index contributed by atoms with van der Waals surface area (Å²) in [5, 5.41) is 2.80. The molecular formula is C20H17N5O3S. The minimum absolute atomic E-state index is 0.179. The number of nitrogens with zero attached hydrogens (tertiary/aromatic N) is 4. The molecule has 0 aliphatic carbocycles. The Balaban J connectivity index is 1.47. The number of rotatable bonds is 5. The first kappa shape index (κ1) is 18.8. The minimum Gasteiger partial charge on any atom is -0.348 e. The van der Waals surface area contributed by atoms with Crippen LogP contribution in [0.2, 0.25) is 0 Å². The van der Waals surface area contributed by atoms with Crippen LogP contribution in [0.25, 0.3) is 5.78 Å². The lowest BCUT2D eigenvalue weighted by molar-refractivity contribution is 0.0950. The SMILES string of the molecule is Cc1ccncc1S(=O)(=O)c1ccc(CNC(=O)c2cnc3nccn3c2)cc1. The molecule has 0 aliphatic heterocycles. The van der Waals surface area contributed by atoms with E-state index in [-0.39, 0.29) is 22.2 Å². The molecule has 1 amide bonds. The molecule has 4 aromatic rings. The van der Waals surface area contributed by atoms with Gasteiger partial charge in [0.25, 0.3) is 5.91 Å². The highest BCUT2D eigenvalue weighted by Crippen LogP contribution is 2.23. The third kappa shape index (κ3) is 3.72. The van der Waals surface area contributed by atoms with E-state index in [0.717, 1.165) is 5.56 Å². The Bertz CT molecular complexity index is 1300. The van der Waals surface area contributed by atoms with Crippen LogP contribution in [0.4, 0.5) is 0 Å². The predicted molar refractivity (Wildman–Crippen MR) is 105 cm³/mol. The van der Waals surface area contributed by atoms with E-state index in [0.29, 0.717) is 16.9 Å². The van der Waals surface area contributed by atoms with E-state index in [2.05, 4.69) is 20.3 Å². The molecule has 0 unspecified atom stereocenters. The Morgan fingerprint density at radius 3 is 2.62 bits per heavy atom. The second kappa shape index (κ2) is 7.44. The number of aryl methyl sites for hydroxylation is 1. The third-order valence-electron chi connectivity index (χ3n) is 4.47. The van der Waals surface area contributed by atoms with E-state index in [1.54, 1.807) is 54.3 Å². The largest absolute Gasteiger partial charge is 0.348 e. The summed E-state index contributed by atoms with van der Waals surface area (Å²) < 4.78 is 27.2. The predicted octanol–water partition coefficient (Wildman–Crippen LogP) is 2.20. The lowest BCUT2D eigenvalue weighted by Gasteiger charge is -2.09. The summed E-state index contributed by atoms with van der Waals surface area (Å²) in [6.45, 7) is 1.99. The van der Waals surface area contributed by atoms with Crippen LogP contribution in [-0.2, 0) is 16.4 Å². The first-order chi connectivity index (χ1) is 13.9. The van der Waals surface area contributed by atoms with Crippen LogP contribution in [-0.4, -0.2) is 33.7 Å². The lowest BCUT2D eigenvalue weighted by Crippen LogP contribution is -2.23. The molecule has 0 aliphatic rings. The Hall–Kier alpha value is -3.59. The van der Waals surface area contributed by atoms with Crippen LogP contribution in [0, 0.1) is 6.92 Å². The maximum atomic E-state index is 12.8. The molecule has 0 fully saturated rings. The second-order valence-corrected chi connectivity index (χ2v) is 8.37. The summed E-state index contributed by atoms with van der Waals surface area (Å²) in [6, 6.07) is 8.07. The van der Waals surface area contributed by atoms with E-state index in [9.17, 15) is 13.2 Å². The molecule has 4 rings (SSSR count). The molecule has 1 N–H and O–H groups in total. The van der Waals surface area contributed by atoms with E-state index < -0.39 is 9.84 Å². The lowest BCUT2D eigenvalue weighted by atomic mass is 10.2. The molecule has 0 saturated heterocycles. The van der Waals surface area contributed by atoms with Gasteiger partial charge in [-0.3, -0.25) is 14.2 Å². The number of carbonyl (C=O) groups is 1. The minimum atomic E-state index is -3.64. The quantitative estimate of drug-likeness (QED) is 0.544. The molecular weight excluding hydrogens is 390 g/mol. The number of aromatic nitrogens is 4. The summed E-state index contributed by atoms with van der Waals surface area (Å²) in [5.41, 5.74) is 1.82. The Morgan fingerprint density at radius 1 is 1.07 bits per heavy atom. The molecule has 0 saturated carbocycles. The fraction of sp³-hybridized carbons (Fsp3) is 0.100. The van der Waals surface area contributed by atoms with Crippen molar-refractivity contribution < 1.29 is 13.2 Å². The maximum absolute atomic E-state index is 12.8. The highest BCUT2D eigenvalue weighted by Gasteiger charge is 2.20. The van der Waals surface area contributed by atoms with Gasteiger partial charge in [0, 0.05) is 43.7 Å². The van der Waals surface area contributed by atoms with Gasteiger partial charge in [0.15, 0.2) is 0 Å². The fourth-order valence-electron chi connectivity index (χ4n) is 2.86. The van der Waals surface area contributed by atoms with Crippen LogP contribution in [0.15, 0.2) is 77.3 Å². The van der Waals surface area contributed by atoms with Gasteiger partial charge in [-0.05, 0) is 36.2 Å². The standard InChI is InChI=1S/C20H17N5O3S/c1-14-6-7-21-12-18(14)29(27,28)17-4-2-15(3-5-17)10-23-19(26)16-11-24-20-22-8-9-25(20)13-16/h2-9,11-13H,10H2,1H3,(H,23,26). The van der Waals surface area contributed by atoms with Crippen molar-refractivity contribution in [3.05, 3.63) is 84.2 Å². The molecule has 8 nitrogen and oxygen atoms in total. The first-order valence-corrected chi connectivity index (χ1v) is 10.2. The van der Waals surface area contributed by atoms with Crippen LogP contribution in [0.5, 0.6) is 0 Å². The van der Waals surface area contributed by atoms with Crippen LogP contribution < -0.4 is 5.32 Å². The number of carbonyl (C=O) groups excluding carboxylic acids is 1. The second-order valence-electron chi connectivity index (χ2n) is 6.45. The number of imidazole rings is 1. The van der Waals surface area contributed by atoms with Gasteiger partial charge in [-0.15, -0.1) is 0 Å². The van der Waals surface area contributed by atoms with Crippen molar-refractivity contribution in [1.29, 1.82) is 0 Å². The molecule has 0 spiro atoms. The van der Waals surface area contributed by atoms with Gasteiger partial charge in [-0.2, -0.15) is 0 Å². The number of sulfone groups is 1. The van der Waals surface area contributed by atoms with Crippen molar-refractivity contribution >= 4 is 21.5 Å². The van der Waals surface area contributed by atoms with Gasteiger partial charge in [0.05, 0.1) is 15.4 Å². The van der Waals surface area contributed by atoms with Crippen LogP contribution >= 0.6 is 0 Å². The van der Waals surface area contributed by atoms with Gasteiger partial charge in [-0.1, -0.05) is 12.1 Å². The summed E-state index contributed by atoms with van der Waals surface area (Å²) >= 11 is 0. The zero-order valence-electron chi connectivity index (χ0n) is 15.5. The average Bonchev–Trinajstić information content (AvgIpc) is 3.20. The number of fused-ring (bicyclic) bond motifs is 1. The monoisotopic (exact) mass is 407 g/mol. The topological polar surface area (TPSA) is 106 Å². The van der Waals surface area contributed by atoms with E-state index >= 15 is 0 Å². The summed E-state index contributed by atoms with van der Waals surface area (Å²) in [5.74, 6) is 0.234. The molecule has 146 valence electrons. The number of hydrogen-bond donors (Lipinski definition) is 1. The van der Waals surface area contributed by atoms with Crippen molar-refractivity contribution in [3.8, 4) is 0 Å². The Kier molecular flexibility index (Phi) is 4.81. The average molecular weight is 407 g/mol. The van der Waals surface area contributed by atoms with Gasteiger partial charge in [0.2, 0.25) is 15.6 Å². The highest BCUT2D eigenvalue weighted by atomic mass is 32.2. The normalized spacial score (nSPS) is 11.5. The molecule has 0 atom stereocenters. The zero-order valence-corrected chi connectivity index (χ0v) is 16.3. The highest BCUT2D eigenvalue weighted by molar-refractivity contribution is 7.91. The van der Waals surface area contributed by atoms with Crippen molar-refractivity contribution in [3.63, 3.8) is 0 Å². The number of amides is 1. The van der Waals surface area contributed by atoms with Gasteiger partial charge < -0.3 is 5.32 Å². The molecule has 29 heavy (non-hydrogen) atoms.